The number of nitrogen functional groups attached to an aromatic ring is 1. The second-order valence-electron chi connectivity index (χ2n) is 4.90. The number of hydrazone groups is 1. The van der Waals surface area contributed by atoms with E-state index < -0.39 is 15.8 Å². The molecule has 1 aromatic rings. The summed E-state index contributed by atoms with van der Waals surface area (Å²) >= 11 is 0. The minimum atomic E-state index is -3.06. The van der Waals surface area contributed by atoms with E-state index in [0.29, 0.717) is 17.8 Å². The number of hydrogen-bond donors (Lipinski definition) is 2. The van der Waals surface area contributed by atoms with Crippen LogP contribution >= 0.6 is 0 Å². The Morgan fingerprint density at radius 3 is 2.80 bits per heavy atom. The van der Waals surface area contributed by atoms with Crippen molar-refractivity contribution < 1.29 is 13.2 Å². The zero-order valence-corrected chi connectivity index (χ0v) is 12.0. The molecule has 0 bridgehead atoms. The number of nitrogens with one attached hydrogen (secondary N) is 1. The molecular weight excluding hydrogens is 278 g/mol. The molecule has 1 aliphatic heterocycles. The topological polar surface area (TPSA) is 102 Å². The standard InChI is InChI=1S/C13H17N3O3S/c1-9(10-3-2-4-12(14)7-10)15-16-13(17)11-5-6-20(18,19)8-11/h2-4,7,11H,5-6,8,14H2,1H3,(H,16,17)/b15-9-/t11-/m0/s1. The molecule has 1 fully saturated rings. The number of rotatable bonds is 3. The van der Waals surface area contributed by atoms with Crippen LogP contribution in [0.25, 0.3) is 0 Å². The van der Waals surface area contributed by atoms with Gasteiger partial charge in [-0.3, -0.25) is 4.79 Å². The summed E-state index contributed by atoms with van der Waals surface area (Å²) in [4.78, 5) is 11.8. The average Bonchev–Trinajstić information content (AvgIpc) is 2.76. The Morgan fingerprint density at radius 2 is 2.20 bits per heavy atom. The van der Waals surface area contributed by atoms with Crippen molar-refractivity contribution >= 4 is 27.1 Å². The van der Waals surface area contributed by atoms with E-state index in [2.05, 4.69) is 10.5 Å². The minimum absolute atomic E-state index is 0.0724. The van der Waals surface area contributed by atoms with Gasteiger partial charge < -0.3 is 5.73 Å². The summed E-state index contributed by atoms with van der Waals surface area (Å²) in [6.07, 6.45) is 0.362. The van der Waals surface area contributed by atoms with E-state index in [0.717, 1.165) is 5.56 Å². The van der Waals surface area contributed by atoms with E-state index in [1.54, 1.807) is 25.1 Å². The molecule has 1 amide bonds. The number of benzene rings is 1. The molecule has 0 aromatic heterocycles. The van der Waals surface area contributed by atoms with Gasteiger partial charge in [0.15, 0.2) is 9.84 Å². The molecule has 1 aromatic carbocycles. The number of hydrogen-bond acceptors (Lipinski definition) is 5. The van der Waals surface area contributed by atoms with Crippen molar-refractivity contribution in [3.05, 3.63) is 29.8 Å². The van der Waals surface area contributed by atoms with Crippen molar-refractivity contribution in [1.29, 1.82) is 0 Å². The maximum Gasteiger partial charge on any atom is 0.244 e. The molecule has 1 saturated heterocycles. The molecular formula is C13H17N3O3S. The highest BCUT2D eigenvalue weighted by Gasteiger charge is 2.32. The molecule has 0 aliphatic carbocycles. The summed E-state index contributed by atoms with van der Waals surface area (Å²) in [6, 6.07) is 7.15. The largest absolute Gasteiger partial charge is 0.399 e. The van der Waals surface area contributed by atoms with E-state index in [1.165, 1.54) is 0 Å². The quantitative estimate of drug-likeness (QED) is 0.483. The van der Waals surface area contributed by atoms with Gasteiger partial charge in [-0.25, -0.2) is 13.8 Å². The summed E-state index contributed by atoms with van der Waals surface area (Å²) in [5.41, 5.74) is 10.1. The molecule has 2 rings (SSSR count). The first kappa shape index (κ1) is 14.5. The Labute approximate surface area is 118 Å². The van der Waals surface area contributed by atoms with Crippen LogP contribution in [0.5, 0.6) is 0 Å². The summed E-state index contributed by atoms with van der Waals surface area (Å²) < 4.78 is 22.6. The zero-order valence-electron chi connectivity index (χ0n) is 11.2. The number of nitrogens with zero attached hydrogens (tertiary/aromatic N) is 1. The third-order valence-corrected chi connectivity index (χ3v) is 5.01. The molecule has 3 N–H and O–H groups in total. The van der Waals surface area contributed by atoms with Crippen LogP contribution in [-0.4, -0.2) is 31.5 Å². The van der Waals surface area contributed by atoms with Crippen molar-refractivity contribution in [3.63, 3.8) is 0 Å². The summed E-state index contributed by atoms with van der Waals surface area (Å²) in [5, 5.41) is 3.99. The van der Waals surface area contributed by atoms with Crippen molar-refractivity contribution in [2.75, 3.05) is 17.2 Å². The monoisotopic (exact) mass is 295 g/mol. The number of carbonyl (C=O) groups excluding carboxylic acids is 1. The lowest BCUT2D eigenvalue weighted by atomic mass is 10.1. The number of carbonyl (C=O) groups is 1. The molecule has 1 atom stereocenters. The van der Waals surface area contributed by atoms with Gasteiger partial charge in [0.2, 0.25) is 5.91 Å². The first-order chi connectivity index (χ1) is 9.37. The van der Waals surface area contributed by atoms with Gasteiger partial charge in [0.25, 0.3) is 0 Å². The lowest BCUT2D eigenvalue weighted by Crippen LogP contribution is -2.28. The smallest absolute Gasteiger partial charge is 0.244 e. The molecule has 6 nitrogen and oxygen atoms in total. The maximum absolute atomic E-state index is 11.8. The average molecular weight is 295 g/mol. The summed E-state index contributed by atoms with van der Waals surface area (Å²) in [6.45, 7) is 1.75. The van der Waals surface area contributed by atoms with Crippen LogP contribution < -0.4 is 11.2 Å². The van der Waals surface area contributed by atoms with Crippen LogP contribution in [0.4, 0.5) is 5.69 Å². The minimum Gasteiger partial charge on any atom is -0.399 e. The third-order valence-electron chi connectivity index (χ3n) is 3.24. The Bertz CT molecular complexity index is 653. The van der Waals surface area contributed by atoms with Crippen LogP contribution in [0.3, 0.4) is 0 Å². The highest BCUT2D eigenvalue weighted by atomic mass is 32.2. The molecule has 1 aliphatic rings. The molecule has 1 heterocycles. The first-order valence-corrected chi connectivity index (χ1v) is 8.10. The first-order valence-electron chi connectivity index (χ1n) is 6.28. The molecule has 20 heavy (non-hydrogen) atoms. The number of sulfone groups is 1. The number of nitrogens with two attached hydrogens (primary N) is 1. The van der Waals surface area contributed by atoms with E-state index in [-0.39, 0.29) is 17.4 Å². The molecule has 0 saturated carbocycles. The van der Waals surface area contributed by atoms with Crippen LogP contribution in [-0.2, 0) is 14.6 Å². The third kappa shape index (κ3) is 3.57. The Balaban J connectivity index is 2.00. The Kier molecular flexibility index (Phi) is 4.08. The molecule has 0 unspecified atom stereocenters. The lowest BCUT2D eigenvalue weighted by molar-refractivity contribution is -0.124. The fourth-order valence-corrected chi connectivity index (χ4v) is 3.80. The number of anilines is 1. The van der Waals surface area contributed by atoms with Gasteiger partial charge in [-0.2, -0.15) is 5.10 Å². The van der Waals surface area contributed by atoms with Gasteiger partial charge in [-0.1, -0.05) is 12.1 Å². The SMILES string of the molecule is C/C(=N/NC(=O)[C@H]1CCS(=O)(=O)C1)c1cccc(N)c1. The van der Waals surface area contributed by atoms with Gasteiger partial charge in [-0.05, 0) is 31.0 Å². The van der Waals surface area contributed by atoms with E-state index in [9.17, 15) is 13.2 Å². The summed E-state index contributed by atoms with van der Waals surface area (Å²) in [5.74, 6) is -0.874. The zero-order chi connectivity index (χ0) is 14.8. The Morgan fingerprint density at radius 1 is 1.45 bits per heavy atom. The maximum atomic E-state index is 11.8. The van der Waals surface area contributed by atoms with Crippen molar-refractivity contribution in [2.45, 2.75) is 13.3 Å². The highest BCUT2D eigenvalue weighted by molar-refractivity contribution is 7.91. The van der Waals surface area contributed by atoms with Crippen molar-refractivity contribution in [3.8, 4) is 0 Å². The van der Waals surface area contributed by atoms with Gasteiger partial charge >= 0.3 is 0 Å². The highest BCUT2D eigenvalue weighted by Crippen LogP contribution is 2.18. The van der Waals surface area contributed by atoms with E-state index in [4.69, 9.17) is 5.73 Å². The Hall–Kier alpha value is -1.89. The molecule has 0 spiro atoms. The van der Waals surface area contributed by atoms with E-state index in [1.807, 2.05) is 6.07 Å². The molecule has 0 radical (unpaired) electrons. The predicted octanol–water partition coefficient (Wildman–Crippen LogP) is 0.544. The van der Waals surface area contributed by atoms with Gasteiger partial charge in [0, 0.05) is 5.69 Å². The fraction of sp³-hybridized carbons (Fsp3) is 0.385. The predicted molar refractivity (Wildman–Crippen MR) is 78.0 cm³/mol. The number of amides is 1. The van der Waals surface area contributed by atoms with Gasteiger partial charge in [0.1, 0.15) is 0 Å². The van der Waals surface area contributed by atoms with Crippen LogP contribution in [0, 0.1) is 5.92 Å². The van der Waals surface area contributed by atoms with Crippen LogP contribution in [0.1, 0.15) is 18.9 Å². The van der Waals surface area contributed by atoms with Crippen LogP contribution in [0.2, 0.25) is 0 Å². The molecule has 108 valence electrons. The second kappa shape index (κ2) is 5.62. The van der Waals surface area contributed by atoms with Gasteiger partial charge in [-0.15, -0.1) is 0 Å². The lowest BCUT2D eigenvalue weighted by Gasteiger charge is -2.07. The molecule has 7 heteroatoms. The van der Waals surface area contributed by atoms with Crippen molar-refractivity contribution in [1.82, 2.24) is 5.43 Å². The van der Waals surface area contributed by atoms with Crippen LogP contribution in [0.15, 0.2) is 29.4 Å². The summed E-state index contributed by atoms with van der Waals surface area (Å²) in [7, 11) is -3.06. The van der Waals surface area contributed by atoms with Crippen molar-refractivity contribution in [2.24, 2.45) is 11.0 Å². The van der Waals surface area contributed by atoms with E-state index >= 15 is 0 Å². The van der Waals surface area contributed by atoms with Gasteiger partial charge in [0.05, 0.1) is 23.1 Å². The normalized spacial score (nSPS) is 21.6. The second-order valence-corrected chi connectivity index (χ2v) is 7.13. The fourth-order valence-electron chi connectivity index (χ4n) is 2.06.